The minimum absolute atomic E-state index is 0.324. The zero-order chi connectivity index (χ0) is 12.0. The summed E-state index contributed by atoms with van der Waals surface area (Å²) >= 11 is 0. The Hall–Kier alpha value is -0.0900. The topological polar surface area (TPSA) is 37.1 Å². The van der Waals surface area contributed by atoms with E-state index in [0.717, 1.165) is 6.54 Å². The summed E-state index contributed by atoms with van der Waals surface area (Å²) in [6.45, 7) is 6.14. The average molecular weight is 245 g/mol. The zero-order valence-electron chi connectivity index (χ0n) is 10.6. The first-order valence-corrected chi connectivity index (χ1v) is 7.79. The molecule has 1 saturated carbocycles. The van der Waals surface area contributed by atoms with Crippen molar-refractivity contribution < 1.29 is 8.42 Å². The Balaban J connectivity index is 2.01. The summed E-state index contributed by atoms with van der Waals surface area (Å²) in [5.41, 5.74) is 0. The molecule has 1 unspecified atom stereocenters. The Bertz CT molecular complexity index is 350. The Morgan fingerprint density at radius 1 is 1.06 bits per heavy atom. The van der Waals surface area contributed by atoms with Crippen molar-refractivity contribution in [3.8, 4) is 0 Å². The third-order valence-electron chi connectivity index (χ3n) is 3.88. The number of sulfonamides is 1. The summed E-state index contributed by atoms with van der Waals surface area (Å²) in [6.07, 6.45) is 6.34. The van der Waals surface area contributed by atoms with Crippen LogP contribution in [0.2, 0.25) is 0 Å². The molecule has 1 aliphatic heterocycles. The fourth-order valence-corrected chi connectivity index (χ4v) is 4.25. The van der Waals surface area contributed by atoms with E-state index in [1.807, 2.05) is 0 Å². The van der Waals surface area contributed by atoms with E-state index in [0.29, 0.717) is 12.0 Å². The van der Waals surface area contributed by atoms with E-state index in [4.69, 9.17) is 0 Å². The van der Waals surface area contributed by atoms with Crippen LogP contribution in [0.25, 0.3) is 0 Å². The Labute approximate surface area is 99.3 Å². The minimum atomic E-state index is -3.07. The van der Waals surface area contributed by atoms with Gasteiger partial charge in [-0.1, -0.05) is 19.3 Å². The lowest BCUT2D eigenvalue weighted by Gasteiger charge is -2.24. The van der Waals surface area contributed by atoms with Gasteiger partial charge in [0.05, 0.1) is 4.75 Å². The SMILES string of the molecule is CC(C)(C)S(=O)(=O)N1C[C@@H]1C1CCCCC1. The summed E-state index contributed by atoms with van der Waals surface area (Å²) in [4.78, 5) is 0. The van der Waals surface area contributed by atoms with Gasteiger partial charge in [-0.15, -0.1) is 0 Å². The van der Waals surface area contributed by atoms with E-state index >= 15 is 0 Å². The molecule has 0 aromatic rings. The highest BCUT2D eigenvalue weighted by Gasteiger charge is 2.51. The lowest BCUT2D eigenvalue weighted by Crippen LogP contribution is -2.35. The Morgan fingerprint density at radius 2 is 1.62 bits per heavy atom. The molecular formula is C12H23NO2S. The zero-order valence-corrected chi connectivity index (χ0v) is 11.4. The molecule has 0 radical (unpaired) electrons. The van der Waals surface area contributed by atoms with Crippen molar-refractivity contribution in [1.29, 1.82) is 0 Å². The molecule has 3 nitrogen and oxygen atoms in total. The second-order valence-corrected chi connectivity index (χ2v) is 8.80. The van der Waals surface area contributed by atoms with E-state index in [1.54, 1.807) is 25.1 Å². The van der Waals surface area contributed by atoms with Crippen LogP contribution in [0.3, 0.4) is 0 Å². The van der Waals surface area contributed by atoms with Crippen molar-refractivity contribution in [3.63, 3.8) is 0 Å². The molecule has 2 aliphatic rings. The van der Waals surface area contributed by atoms with Crippen molar-refractivity contribution in [2.45, 2.75) is 63.7 Å². The number of rotatable bonds is 2. The van der Waals surface area contributed by atoms with Crippen molar-refractivity contribution in [2.75, 3.05) is 6.54 Å². The third kappa shape index (κ3) is 2.14. The predicted octanol–water partition coefficient (Wildman–Crippen LogP) is 2.38. The second-order valence-electron chi connectivity index (χ2n) is 6.15. The Kier molecular flexibility index (Phi) is 3.08. The van der Waals surface area contributed by atoms with Gasteiger partial charge in [-0.3, -0.25) is 0 Å². The van der Waals surface area contributed by atoms with Crippen LogP contribution in [0.4, 0.5) is 0 Å². The van der Waals surface area contributed by atoms with Crippen LogP contribution in [0, 0.1) is 5.92 Å². The maximum atomic E-state index is 12.2. The normalized spacial score (nSPS) is 32.7. The first kappa shape index (κ1) is 12.4. The van der Waals surface area contributed by atoms with Crippen molar-refractivity contribution in [1.82, 2.24) is 4.31 Å². The summed E-state index contributed by atoms with van der Waals surface area (Å²) in [6, 6.07) is 0.324. The monoisotopic (exact) mass is 245 g/mol. The number of hydrogen-bond acceptors (Lipinski definition) is 2. The lowest BCUT2D eigenvalue weighted by molar-refractivity contribution is 0.335. The van der Waals surface area contributed by atoms with Gasteiger partial charge in [-0.05, 0) is 39.5 Å². The minimum Gasteiger partial charge on any atom is -0.212 e. The lowest BCUT2D eigenvalue weighted by atomic mass is 9.87. The van der Waals surface area contributed by atoms with E-state index in [1.165, 1.54) is 32.1 Å². The number of hydrogen-bond donors (Lipinski definition) is 0. The van der Waals surface area contributed by atoms with Gasteiger partial charge in [0.2, 0.25) is 10.0 Å². The molecule has 16 heavy (non-hydrogen) atoms. The molecule has 0 aromatic carbocycles. The first-order chi connectivity index (χ1) is 7.34. The smallest absolute Gasteiger partial charge is 0.212 e. The molecule has 0 spiro atoms. The molecule has 2 fully saturated rings. The molecular weight excluding hydrogens is 222 g/mol. The highest BCUT2D eigenvalue weighted by Crippen LogP contribution is 2.40. The van der Waals surface area contributed by atoms with Crippen LogP contribution in [0.5, 0.6) is 0 Å². The highest BCUT2D eigenvalue weighted by molar-refractivity contribution is 7.90. The van der Waals surface area contributed by atoms with Crippen LogP contribution in [0.15, 0.2) is 0 Å². The van der Waals surface area contributed by atoms with Gasteiger partial charge < -0.3 is 0 Å². The van der Waals surface area contributed by atoms with Crippen molar-refractivity contribution in [3.05, 3.63) is 0 Å². The molecule has 94 valence electrons. The average Bonchev–Trinajstić information content (AvgIpc) is 2.97. The van der Waals surface area contributed by atoms with Crippen molar-refractivity contribution in [2.24, 2.45) is 5.92 Å². The van der Waals surface area contributed by atoms with Crippen LogP contribution in [0.1, 0.15) is 52.9 Å². The molecule has 2 atom stereocenters. The fourth-order valence-electron chi connectivity index (χ4n) is 2.67. The van der Waals surface area contributed by atoms with Gasteiger partial charge in [0.25, 0.3) is 0 Å². The van der Waals surface area contributed by atoms with Gasteiger partial charge in [0, 0.05) is 12.6 Å². The van der Waals surface area contributed by atoms with Crippen LogP contribution in [-0.2, 0) is 10.0 Å². The van der Waals surface area contributed by atoms with E-state index in [-0.39, 0.29) is 0 Å². The third-order valence-corrected chi connectivity index (χ3v) is 6.46. The van der Waals surface area contributed by atoms with E-state index < -0.39 is 14.8 Å². The first-order valence-electron chi connectivity index (χ1n) is 6.35. The fraction of sp³-hybridized carbons (Fsp3) is 1.00. The van der Waals surface area contributed by atoms with Crippen molar-refractivity contribution >= 4 is 10.0 Å². The largest absolute Gasteiger partial charge is 0.219 e. The van der Waals surface area contributed by atoms with Gasteiger partial charge in [-0.2, -0.15) is 4.31 Å². The maximum Gasteiger partial charge on any atom is 0.219 e. The Morgan fingerprint density at radius 3 is 2.12 bits per heavy atom. The van der Waals surface area contributed by atoms with Crippen LogP contribution < -0.4 is 0 Å². The van der Waals surface area contributed by atoms with Crippen LogP contribution in [-0.4, -0.2) is 30.1 Å². The van der Waals surface area contributed by atoms with Gasteiger partial charge in [-0.25, -0.2) is 8.42 Å². The van der Waals surface area contributed by atoms with E-state index in [2.05, 4.69) is 0 Å². The number of nitrogens with zero attached hydrogens (tertiary/aromatic N) is 1. The van der Waals surface area contributed by atoms with Gasteiger partial charge in [0.15, 0.2) is 0 Å². The summed E-state index contributed by atoms with van der Waals surface area (Å²) in [7, 11) is -3.07. The summed E-state index contributed by atoms with van der Waals surface area (Å²) in [5, 5.41) is 0. The highest BCUT2D eigenvalue weighted by atomic mass is 32.2. The predicted molar refractivity (Wildman–Crippen MR) is 65.7 cm³/mol. The molecule has 0 bridgehead atoms. The van der Waals surface area contributed by atoms with Gasteiger partial charge >= 0.3 is 0 Å². The summed E-state index contributed by atoms with van der Waals surface area (Å²) < 4.78 is 25.5. The molecule has 1 aliphatic carbocycles. The molecule has 4 heteroatoms. The second kappa shape index (κ2) is 3.98. The van der Waals surface area contributed by atoms with Gasteiger partial charge in [0.1, 0.15) is 0 Å². The molecule has 1 heterocycles. The van der Waals surface area contributed by atoms with Crippen LogP contribution >= 0.6 is 0 Å². The molecule has 0 amide bonds. The molecule has 0 N–H and O–H groups in total. The van der Waals surface area contributed by atoms with E-state index in [9.17, 15) is 8.42 Å². The maximum absolute atomic E-state index is 12.2. The molecule has 0 aromatic heterocycles. The standard InChI is InChI=1S/C12H23NO2S/c1-12(2,3)16(14,15)13-9-11(13)10-7-5-4-6-8-10/h10-11H,4-9H2,1-3H3/t11-,13?/m1/s1. The molecule has 1 saturated heterocycles. The molecule has 2 rings (SSSR count). The summed E-state index contributed by atoms with van der Waals surface area (Å²) in [5.74, 6) is 0.630. The quantitative estimate of drug-likeness (QED) is 0.700.